The first-order valence-electron chi connectivity index (χ1n) is 6.57. The Kier molecular flexibility index (Phi) is 4.44. The molecule has 0 aliphatic rings. The van der Waals surface area contributed by atoms with Gasteiger partial charge in [-0.25, -0.2) is 0 Å². The van der Waals surface area contributed by atoms with Gasteiger partial charge in [0.15, 0.2) is 0 Å². The molecule has 1 aromatic carbocycles. The van der Waals surface area contributed by atoms with Crippen LogP contribution in [0.3, 0.4) is 0 Å². The van der Waals surface area contributed by atoms with E-state index in [1.165, 1.54) is 16.5 Å². The van der Waals surface area contributed by atoms with E-state index in [2.05, 4.69) is 53.2 Å². The summed E-state index contributed by atoms with van der Waals surface area (Å²) in [7, 11) is 0. The van der Waals surface area contributed by atoms with Gasteiger partial charge in [0, 0.05) is 25.7 Å². The highest BCUT2D eigenvalue weighted by molar-refractivity contribution is 5.83. The number of terminal acetylenes is 1. The number of hydrogen-bond donors (Lipinski definition) is 1. The fraction of sp³-hybridized carbons (Fsp3) is 0.375. The molecule has 2 nitrogen and oxygen atoms in total. The molecule has 0 fully saturated rings. The van der Waals surface area contributed by atoms with Gasteiger partial charge >= 0.3 is 0 Å². The molecule has 2 rings (SSSR count). The van der Waals surface area contributed by atoms with Crippen LogP contribution in [0.4, 0.5) is 0 Å². The minimum absolute atomic E-state index is 0.842. The maximum Gasteiger partial charge on any atom is 0.0525 e. The van der Waals surface area contributed by atoms with Gasteiger partial charge in [0.25, 0.3) is 0 Å². The van der Waals surface area contributed by atoms with Crippen LogP contribution in [-0.2, 0) is 13.1 Å². The molecule has 2 aromatic rings. The second kappa shape index (κ2) is 6.28. The van der Waals surface area contributed by atoms with Crippen LogP contribution >= 0.6 is 0 Å². The van der Waals surface area contributed by atoms with Crippen molar-refractivity contribution in [3.63, 3.8) is 0 Å². The molecule has 0 radical (unpaired) electrons. The van der Waals surface area contributed by atoms with Crippen molar-refractivity contribution >= 4 is 10.9 Å². The average Bonchev–Trinajstić information content (AvgIpc) is 2.81. The number of benzene rings is 1. The number of fused-ring (bicyclic) bond motifs is 1. The van der Waals surface area contributed by atoms with Crippen molar-refractivity contribution in [3.05, 3.63) is 36.0 Å². The van der Waals surface area contributed by atoms with Gasteiger partial charge in [-0.1, -0.05) is 25.1 Å². The number of aromatic nitrogens is 1. The number of aryl methyl sites for hydroxylation is 1. The number of rotatable bonds is 6. The van der Waals surface area contributed by atoms with Crippen molar-refractivity contribution in [2.24, 2.45) is 0 Å². The van der Waals surface area contributed by atoms with Crippen LogP contribution in [0.2, 0.25) is 0 Å². The van der Waals surface area contributed by atoms with Crippen LogP contribution in [0.25, 0.3) is 10.9 Å². The number of nitrogens with zero attached hydrogens (tertiary/aromatic N) is 1. The fourth-order valence-electron chi connectivity index (χ4n) is 2.28. The van der Waals surface area contributed by atoms with Crippen molar-refractivity contribution in [2.45, 2.75) is 32.9 Å². The van der Waals surface area contributed by atoms with Gasteiger partial charge in [-0.05, 0) is 30.0 Å². The number of hydrogen-bond acceptors (Lipinski definition) is 1. The molecule has 0 unspecified atom stereocenters. The van der Waals surface area contributed by atoms with Crippen molar-refractivity contribution < 1.29 is 0 Å². The molecule has 0 aliphatic carbocycles. The fourth-order valence-corrected chi connectivity index (χ4v) is 2.28. The van der Waals surface area contributed by atoms with Crippen LogP contribution in [-0.4, -0.2) is 11.1 Å². The Bertz CT molecular complexity index is 546. The van der Waals surface area contributed by atoms with Crippen molar-refractivity contribution in [1.82, 2.24) is 9.88 Å². The van der Waals surface area contributed by atoms with E-state index in [4.69, 9.17) is 6.42 Å². The van der Waals surface area contributed by atoms with Crippen LogP contribution in [0.5, 0.6) is 0 Å². The highest BCUT2D eigenvalue weighted by Gasteiger charge is 2.05. The number of para-hydroxylation sites is 1. The quantitative estimate of drug-likeness (QED) is 0.606. The van der Waals surface area contributed by atoms with Gasteiger partial charge in [0.1, 0.15) is 0 Å². The predicted octanol–water partition coefficient (Wildman–Crippen LogP) is 3.16. The lowest BCUT2D eigenvalue weighted by Crippen LogP contribution is -2.12. The summed E-state index contributed by atoms with van der Waals surface area (Å²) in [6.45, 7) is 5.05. The summed E-state index contributed by atoms with van der Waals surface area (Å²) < 4.78 is 2.32. The summed E-state index contributed by atoms with van der Waals surface area (Å²) in [5.74, 6) is 2.70. The molecular formula is C16H20N2. The van der Waals surface area contributed by atoms with Gasteiger partial charge in [0.2, 0.25) is 0 Å². The lowest BCUT2D eigenvalue weighted by atomic mass is 10.1. The van der Waals surface area contributed by atoms with Gasteiger partial charge < -0.3 is 9.88 Å². The second-order valence-electron chi connectivity index (χ2n) is 4.45. The zero-order valence-electron chi connectivity index (χ0n) is 10.9. The third-order valence-electron chi connectivity index (χ3n) is 3.16. The lowest BCUT2D eigenvalue weighted by molar-refractivity contribution is 0.669. The normalized spacial score (nSPS) is 10.7. The Morgan fingerprint density at radius 2 is 2.22 bits per heavy atom. The average molecular weight is 240 g/mol. The van der Waals surface area contributed by atoms with Gasteiger partial charge in [-0.3, -0.25) is 0 Å². The molecule has 0 saturated carbocycles. The summed E-state index contributed by atoms with van der Waals surface area (Å²) in [6, 6.07) is 8.67. The first-order chi connectivity index (χ1) is 8.86. The van der Waals surface area contributed by atoms with Gasteiger partial charge in [-0.2, -0.15) is 0 Å². The predicted molar refractivity (Wildman–Crippen MR) is 77.4 cm³/mol. The largest absolute Gasteiger partial charge is 0.347 e. The van der Waals surface area contributed by atoms with E-state index >= 15 is 0 Å². The maximum absolute atomic E-state index is 5.31. The third-order valence-corrected chi connectivity index (χ3v) is 3.16. The van der Waals surface area contributed by atoms with E-state index in [1.807, 2.05) is 0 Å². The van der Waals surface area contributed by atoms with Crippen LogP contribution in [0, 0.1) is 12.3 Å². The highest BCUT2D eigenvalue weighted by atomic mass is 15.0. The minimum atomic E-state index is 0.842. The lowest BCUT2D eigenvalue weighted by Gasteiger charge is -2.09. The molecule has 0 spiro atoms. The summed E-state index contributed by atoms with van der Waals surface area (Å²) >= 11 is 0. The zero-order chi connectivity index (χ0) is 12.8. The Morgan fingerprint density at radius 3 is 3.00 bits per heavy atom. The van der Waals surface area contributed by atoms with E-state index in [9.17, 15) is 0 Å². The van der Waals surface area contributed by atoms with Gasteiger partial charge in [-0.15, -0.1) is 12.3 Å². The van der Waals surface area contributed by atoms with Crippen molar-refractivity contribution in [1.29, 1.82) is 0 Å². The molecular weight excluding hydrogens is 220 g/mol. The number of unbranched alkanes of at least 4 members (excludes halogenated alkanes) is 1. The summed E-state index contributed by atoms with van der Waals surface area (Å²) in [4.78, 5) is 0. The summed E-state index contributed by atoms with van der Waals surface area (Å²) in [6.07, 6.45) is 9.35. The first kappa shape index (κ1) is 12.7. The number of nitrogens with one attached hydrogen (secondary N) is 1. The van der Waals surface area contributed by atoms with Crippen LogP contribution in [0.1, 0.15) is 25.3 Å². The summed E-state index contributed by atoms with van der Waals surface area (Å²) in [5, 5.41) is 4.71. The topological polar surface area (TPSA) is 17.0 Å². The minimum Gasteiger partial charge on any atom is -0.347 e. The molecule has 0 atom stereocenters. The Labute approximate surface area is 109 Å². The molecule has 1 aromatic heterocycles. The van der Waals surface area contributed by atoms with E-state index in [1.54, 1.807) is 0 Å². The van der Waals surface area contributed by atoms with Crippen molar-refractivity contribution in [2.75, 3.05) is 6.54 Å². The molecule has 1 heterocycles. The van der Waals surface area contributed by atoms with Crippen LogP contribution < -0.4 is 5.32 Å². The molecule has 94 valence electrons. The molecule has 18 heavy (non-hydrogen) atoms. The van der Waals surface area contributed by atoms with Crippen molar-refractivity contribution in [3.8, 4) is 12.3 Å². The molecule has 2 heteroatoms. The molecule has 0 saturated heterocycles. The van der Waals surface area contributed by atoms with Gasteiger partial charge in [0.05, 0.1) is 5.52 Å². The molecule has 0 bridgehead atoms. The third kappa shape index (κ3) is 2.75. The Balaban J connectivity index is 2.27. The molecule has 0 amide bonds. The zero-order valence-corrected chi connectivity index (χ0v) is 10.9. The highest BCUT2D eigenvalue weighted by Crippen LogP contribution is 2.21. The van der Waals surface area contributed by atoms with Crippen LogP contribution in [0.15, 0.2) is 30.5 Å². The Morgan fingerprint density at radius 1 is 1.33 bits per heavy atom. The second-order valence-corrected chi connectivity index (χ2v) is 4.45. The first-order valence-corrected chi connectivity index (χ1v) is 6.57. The maximum atomic E-state index is 5.31. The summed E-state index contributed by atoms with van der Waals surface area (Å²) in [5.41, 5.74) is 2.70. The van der Waals surface area contributed by atoms with E-state index in [-0.39, 0.29) is 0 Å². The smallest absolute Gasteiger partial charge is 0.0525 e. The Hall–Kier alpha value is -1.72. The van der Waals surface area contributed by atoms with E-state index in [0.717, 1.165) is 32.5 Å². The standard InChI is InChI=1S/C16H20N2/c1-3-5-6-11-18-12-10-14-8-7-9-15(16(14)18)13-17-4-2/h1,7-10,12,17H,4-6,11,13H2,2H3. The van der Waals surface area contributed by atoms with E-state index in [0.29, 0.717) is 0 Å². The molecule has 0 aliphatic heterocycles. The SMILES string of the molecule is C#CCCCn1ccc2cccc(CNCC)c21. The molecule has 1 N–H and O–H groups in total. The monoisotopic (exact) mass is 240 g/mol. The van der Waals surface area contributed by atoms with E-state index < -0.39 is 0 Å².